The van der Waals surface area contributed by atoms with E-state index in [1.807, 2.05) is 6.07 Å². The minimum atomic E-state index is -0.336. The van der Waals surface area contributed by atoms with E-state index in [2.05, 4.69) is 4.90 Å². The molecule has 1 aromatic carbocycles. The van der Waals surface area contributed by atoms with Gasteiger partial charge in [0.1, 0.15) is 0 Å². The molecule has 1 heterocycles. The first-order valence-electron chi connectivity index (χ1n) is 6.85. The van der Waals surface area contributed by atoms with Crippen LogP contribution < -0.4 is 5.73 Å². The van der Waals surface area contributed by atoms with Crippen LogP contribution in [0.15, 0.2) is 24.3 Å². The van der Waals surface area contributed by atoms with Gasteiger partial charge in [0, 0.05) is 25.2 Å². The van der Waals surface area contributed by atoms with E-state index in [4.69, 9.17) is 5.73 Å². The summed E-state index contributed by atoms with van der Waals surface area (Å²) in [6, 6.07) is 6.93. The summed E-state index contributed by atoms with van der Waals surface area (Å²) in [7, 11) is 0. The number of rotatable bonds is 5. The quantitative estimate of drug-likeness (QED) is 0.670. The molecule has 1 aliphatic rings. The molecular formula is C14H22ClN3O2. The zero-order chi connectivity index (χ0) is 13.7. The Kier molecular flexibility index (Phi) is 6.91. The van der Waals surface area contributed by atoms with Crippen molar-refractivity contribution in [3.8, 4) is 0 Å². The van der Waals surface area contributed by atoms with Crippen molar-refractivity contribution in [1.29, 1.82) is 0 Å². The summed E-state index contributed by atoms with van der Waals surface area (Å²) >= 11 is 0. The first-order valence-corrected chi connectivity index (χ1v) is 6.85. The molecule has 0 spiro atoms. The molecule has 1 unspecified atom stereocenters. The molecule has 20 heavy (non-hydrogen) atoms. The van der Waals surface area contributed by atoms with Gasteiger partial charge in [0.2, 0.25) is 0 Å². The molecule has 112 valence electrons. The summed E-state index contributed by atoms with van der Waals surface area (Å²) in [6.45, 7) is 3.67. The van der Waals surface area contributed by atoms with Crippen molar-refractivity contribution in [3.63, 3.8) is 0 Å². The van der Waals surface area contributed by atoms with E-state index < -0.39 is 0 Å². The van der Waals surface area contributed by atoms with Crippen LogP contribution in [0.5, 0.6) is 0 Å². The van der Waals surface area contributed by atoms with E-state index in [1.165, 1.54) is 18.9 Å². The highest BCUT2D eigenvalue weighted by Gasteiger charge is 2.19. The maximum absolute atomic E-state index is 10.8. The second-order valence-corrected chi connectivity index (χ2v) is 5.25. The standard InChI is InChI=1S/C14H21N3O2.ClH/c15-7-6-12-4-2-8-16(10-12)11-13-3-1-5-14(9-13)17(18)19;/h1,3,5,9,12H,2,4,6-8,10-11,15H2;1H. The van der Waals surface area contributed by atoms with Gasteiger partial charge in [0.25, 0.3) is 5.69 Å². The third-order valence-electron chi connectivity index (χ3n) is 3.71. The molecular weight excluding hydrogens is 278 g/mol. The summed E-state index contributed by atoms with van der Waals surface area (Å²) in [5.41, 5.74) is 6.81. The molecule has 1 atom stereocenters. The van der Waals surface area contributed by atoms with Gasteiger partial charge >= 0.3 is 0 Å². The Hall–Kier alpha value is -1.17. The highest BCUT2D eigenvalue weighted by Crippen LogP contribution is 2.22. The third-order valence-corrected chi connectivity index (χ3v) is 3.71. The second-order valence-electron chi connectivity index (χ2n) is 5.25. The maximum atomic E-state index is 10.8. The van der Waals surface area contributed by atoms with Crippen LogP contribution in [0.2, 0.25) is 0 Å². The lowest BCUT2D eigenvalue weighted by Crippen LogP contribution is -2.35. The predicted octanol–water partition coefficient (Wildman–Crippen LogP) is 2.58. The van der Waals surface area contributed by atoms with Crippen LogP contribution in [0.3, 0.4) is 0 Å². The molecule has 0 saturated carbocycles. The Labute approximate surface area is 125 Å². The van der Waals surface area contributed by atoms with E-state index in [0.717, 1.165) is 38.2 Å². The van der Waals surface area contributed by atoms with Crippen molar-refractivity contribution < 1.29 is 4.92 Å². The number of nitro benzene ring substituents is 1. The monoisotopic (exact) mass is 299 g/mol. The Balaban J connectivity index is 0.00000200. The molecule has 0 radical (unpaired) electrons. The summed E-state index contributed by atoms with van der Waals surface area (Å²) in [5.74, 6) is 0.678. The van der Waals surface area contributed by atoms with Crippen molar-refractivity contribution in [3.05, 3.63) is 39.9 Å². The normalized spacial score (nSPS) is 19.4. The van der Waals surface area contributed by atoms with Crippen LogP contribution in [0.4, 0.5) is 5.69 Å². The summed E-state index contributed by atoms with van der Waals surface area (Å²) < 4.78 is 0. The molecule has 0 aliphatic carbocycles. The van der Waals surface area contributed by atoms with Crippen LogP contribution in [-0.4, -0.2) is 29.5 Å². The zero-order valence-corrected chi connectivity index (χ0v) is 12.3. The molecule has 6 heteroatoms. The number of likely N-dealkylation sites (tertiary alicyclic amines) is 1. The smallest absolute Gasteiger partial charge is 0.269 e. The average molecular weight is 300 g/mol. The van der Waals surface area contributed by atoms with Crippen LogP contribution in [-0.2, 0) is 6.54 Å². The van der Waals surface area contributed by atoms with Crippen LogP contribution >= 0.6 is 12.4 Å². The van der Waals surface area contributed by atoms with E-state index in [0.29, 0.717) is 5.92 Å². The van der Waals surface area contributed by atoms with Gasteiger partial charge in [-0.15, -0.1) is 12.4 Å². The Morgan fingerprint density at radius 2 is 2.25 bits per heavy atom. The summed E-state index contributed by atoms with van der Waals surface area (Å²) in [5, 5.41) is 10.8. The zero-order valence-electron chi connectivity index (χ0n) is 11.5. The van der Waals surface area contributed by atoms with Gasteiger partial charge in [0.05, 0.1) is 4.92 Å². The van der Waals surface area contributed by atoms with Crippen molar-refractivity contribution in [2.75, 3.05) is 19.6 Å². The minimum Gasteiger partial charge on any atom is -0.330 e. The van der Waals surface area contributed by atoms with E-state index in [1.54, 1.807) is 12.1 Å². The number of nitrogens with two attached hydrogens (primary N) is 1. The second kappa shape index (κ2) is 8.19. The van der Waals surface area contributed by atoms with E-state index in [-0.39, 0.29) is 23.0 Å². The van der Waals surface area contributed by atoms with Crippen molar-refractivity contribution in [1.82, 2.24) is 4.90 Å². The minimum absolute atomic E-state index is 0. The number of halogens is 1. The molecule has 5 nitrogen and oxygen atoms in total. The van der Waals surface area contributed by atoms with Crippen molar-refractivity contribution in [2.24, 2.45) is 11.7 Å². The third kappa shape index (κ3) is 4.74. The number of piperidine rings is 1. The topological polar surface area (TPSA) is 72.4 Å². The molecule has 2 N–H and O–H groups in total. The number of non-ortho nitro benzene ring substituents is 1. The fourth-order valence-electron chi connectivity index (χ4n) is 2.79. The molecule has 0 bridgehead atoms. The summed E-state index contributed by atoms with van der Waals surface area (Å²) in [6.07, 6.45) is 3.52. The van der Waals surface area contributed by atoms with Crippen LogP contribution in [0.1, 0.15) is 24.8 Å². The molecule has 2 rings (SSSR count). The lowest BCUT2D eigenvalue weighted by Gasteiger charge is -2.32. The average Bonchev–Trinajstić information content (AvgIpc) is 2.40. The Morgan fingerprint density at radius 3 is 2.95 bits per heavy atom. The first kappa shape index (κ1) is 16.9. The number of hydrogen-bond acceptors (Lipinski definition) is 4. The Morgan fingerprint density at radius 1 is 1.45 bits per heavy atom. The number of benzene rings is 1. The molecule has 1 aromatic rings. The van der Waals surface area contributed by atoms with Gasteiger partial charge in [-0.25, -0.2) is 0 Å². The van der Waals surface area contributed by atoms with Gasteiger partial charge in [-0.3, -0.25) is 15.0 Å². The molecule has 1 saturated heterocycles. The van der Waals surface area contributed by atoms with E-state index >= 15 is 0 Å². The fraction of sp³-hybridized carbons (Fsp3) is 0.571. The van der Waals surface area contributed by atoms with E-state index in [9.17, 15) is 10.1 Å². The predicted molar refractivity (Wildman–Crippen MR) is 82.0 cm³/mol. The number of nitrogens with zero attached hydrogens (tertiary/aromatic N) is 2. The molecule has 0 amide bonds. The highest BCUT2D eigenvalue weighted by atomic mass is 35.5. The lowest BCUT2D eigenvalue weighted by molar-refractivity contribution is -0.384. The van der Waals surface area contributed by atoms with Gasteiger partial charge in [-0.1, -0.05) is 12.1 Å². The van der Waals surface area contributed by atoms with Gasteiger partial charge in [0.15, 0.2) is 0 Å². The van der Waals surface area contributed by atoms with Crippen molar-refractivity contribution in [2.45, 2.75) is 25.8 Å². The fourth-order valence-corrected chi connectivity index (χ4v) is 2.79. The first-order chi connectivity index (χ1) is 9.19. The van der Waals surface area contributed by atoms with Crippen LogP contribution in [0, 0.1) is 16.0 Å². The highest BCUT2D eigenvalue weighted by molar-refractivity contribution is 5.85. The largest absolute Gasteiger partial charge is 0.330 e. The van der Waals surface area contributed by atoms with Gasteiger partial charge in [-0.2, -0.15) is 0 Å². The molecule has 0 aromatic heterocycles. The Bertz CT molecular complexity index is 440. The molecule has 1 aliphatic heterocycles. The molecule has 1 fully saturated rings. The van der Waals surface area contributed by atoms with Crippen LogP contribution in [0.25, 0.3) is 0 Å². The summed E-state index contributed by atoms with van der Waals surface area (Å²) in [4.78, 5) is 12.8. The lowest BCUT2D eigenvalue weighted by atomic mass is 9.94. The number of nitro groups is 1. The SMILES string of the molecule is Cl.NCCC1CCCN(Cc2cccc([N+](=O)[O-])c2)C1. The van der Waals surface area contributed by atoms with Gasteiger partial charge in [-0.05, 0) is 43.8 Å². The van der Waals surface area contributed by atoms with Crippen molar-refractivity contribution >= 4 is 18.1 Å². The van der Waals surface area contributed by atoms with Gasteiger partial charge < -0.3 is 5.73 Å². The maximum Gasteiger partial charge on any atom is 0.269 e. The number of hydrogen-bond donors (Lipinski definition) is 1.